The van der Waals surface area contributed by atoms with Crippen LogP contribution in [-0.4, -0.2) is 27.2 Å². The fourth-order valence-corrected chi connectivity index (χ4v) is 4.11. The summed E-state index contributed by atoms with van der Waals surface area (Å²) in [5.41, 5.74) is 8.39. The molecule has 0 unspecified atom stereocenters. The average molecular weight is 406 g/mol. The molecule has 0 amide bonds. The number of ether oxygens (including phenoxy) is 1. The number of para-hydroxylation sites is 2. The number of nitrogens with zero attached hydrogens (tertiary/aromatic N) is 2. The maximum atomic E-state index is 12.8. The zero-order valence-electron chi connectivity index (χ0n) is 15.5. The van der Waals surface area contributed by atoms with Crippen LogP contribution in [0.15, 0.2) is 87.7 Å². The summed E-state index contributed by atoms with van der Waals surface area (Å²) >= 11 is 0. The Labute approximate surface area is 168 Å². The van der Waals surface area contributed by atoms with E-state index in [-0.39, 0.29) is 4.90 Å². The molecule has 29 heavy (non-hydrogen) atoms. The highest BCUT2D eigenvalue weighted by Gasteiger charge is 2.20. The molecule has 1 aliphatic heterocycles. The van der Waals surface area contributed by atoms with Crippen LogP contribution in [0.1, 0.15) is 11.1 Å². The number of benzene rings is 3. The molecule has 0 spiro atoms. The standard InChI is InChI=1S/C21H18N4O3S/c1-28-19-12-5-4-11-18(19)25-29(26,27)15-8-6-7-14(13-15)23-21-17-10-3-2-9-16(17)20(22)24-21/h2-13,25H,1H3,(H2,22,23,24). The maximum Gasteiger partial charge on any atom is 0.262 e. The summed E-state index contributed by atoms with van der Waals surface area (Å²) in [7, 11) is -2.35. The number of methoxy groups -OCH3 is 1. The Hall–Kier alpha value is -3.65. The first kappa shape index (κ1) is 18.7. The number of anilines is 1. The fraction of sp³-hybridized carbons (Fsp3) is 0.0476. The van der Waals surface area contributed by atoms with E-state index in [1.807, 2.05) is 24.3 Å². The van der Waals surface area contributed by atoms with Crippen LogP contribution in [-0.2, 0) is 10.0 Å². The minimum atomic E-state index is -3.83. The summed E-state index contributed by atoms with van der Waals surface area (Å²) in [6.45, 7) is 0. The van der Waals surface area contributed by atoms with Gasteiger partial charge in [-0.05, 0) is 30.3 Å². The molecule has 3 N–H and O–H groups in total. The van der Waals surface area contributed by atoms with Crippen LogP contribution >= 0.6 is 0 Å². The van der Waals surface area contributed by atoms with Crippen molar-refractivity contribution in [3.05, 3.63) is 83.9 Å². The van der Waals surface area contributed by atoms with Gasteiger partial charge >= 0.3 is 0 Å². The highest BCUT2D eigenvalue weighted by atomic mass is 32.2. The van der Waals surface area contributed by atoms with Crippen LogP contribution in [0.2, 0.25) is 0 Å². The van der Waals surface area contributed by atoms with Gasteiger partial charge in [0, 0.05) is 11.1 Å². The van der Waals surface area contributed by atoms with Crippen LogP contribution in [0, 0.1) is 0 Å². The summed E-state index contributed by atoms with van der Waals surface area (Å²) in [6.07, 6.45) is 0. The topological polar surface area (TPSA) is 106 Å². The van der Waals surface area contributed by atoms with Crippen molar-refractivity contribution in [3.8, 4) is 5.75 Å². The number of amidine groups is 2. The maximum absolute atomic E-state index is 12.8. The van der Waals surface area contributed by atoms with Crippen LogP contribution in [0.25, 0.3) is 0 Å². The minimum Gasteiger partial charge on any atom is -0.495 e. The number of aliphatic imine (C=N–C) groups is 2. The van der Waals surface area contributed by atoms with Crippen molar-refractivity contribution >= 4 is 33.1 Å². The summed E-state index contributed by atoms with van der Waals surface area (Å²) in [5.74, 6) is 1.27. The van der Waals surface area contributed by atoms with E-state index in [1.165, 1.54) is 19.2 Å². The van der Waals surface area contributed by atoms with E-state index in [0.717, 1.165) is 11.1 Å². The first-order valence-electron chi connectivity index (χ1n) is 8.76. The van der Waals surface area contributed by atoms with Crippen molar-refractivity contribution in [2.45, 2.75) is 4.90 Å². The zero-order valence-corrected chi connectivity index (χ0v) is 16.3. The molecule has 0 saturated carbocycles. The molecule has 1 heterocycles. The molecule has 3 aromatic carbocycles. The molecule has 0 radical (unpaired) electrons. The van der Waals surface area contributed by atoms with Gasteiger partial charge in [-0.1, -0.05) is 42.5 Å². The highest BCUT2D eigenvalue weighted by Crippen LogP contribution is 2.28. The fourth-order valence-electron chi connectivity index (χ4n) is 3.00. The molecule has 3 aromatic rings. The molecule has 4 rings (SSSR count). The Balaban J connectivity index is 1.68. The van der Waals surface area contributed by atoms with Gasteiger partial charge in [0.05, 0.1) is 23.4 Å². The van der Waals surface area contributed by atoms with Gasteiger partial charge in [0.2, 0.25) is 0 Å². The van der Waals surface area contributed by atoms with Gasteiger partial charge in [-0.3, -0.25) is 4.72 Å². The third kappa shape index (κ3) is 3.70. The predicted octanol–water partition coefficient (Wildman–Crippen LogP) is 3.29. The number of hydrogen-bond donors (Lipinski definition) is 2. The average Bonchev–Trinajstić information content (AvgIpc) is 3.04. The Morgan fingerprint density at radius 1 is 0.966 bits per heavy atom. The zero-order chi connectivity index (χ0) is 20.4. The van der Waals surface area contributed by atoms with Gasteiger partial charge < -0.3 is 10.5 Å². The minimum absolute atomic E-state index is 0.0773. The molecule has 0 atom stereocenters. The lowest BCUT2D eigenvalue weighted by atomic mass is 10.1. The van der Waals surface area contributed by atoms with Crippen LogP contribution in [0.4, 0.5) is 11.4 Å². The normalized spacial score (nSPS) is 14.4. The number of rotatable bonds is 5. The lowest BCUT2D eigenvalue weighted by molar-refractivity contribution is 0.417. The number of fused-ring (bicyclic) bond motifs is 1. The summed E-state index contributed by atoms with van der Waals surface area (Å²) in [5, 5.41) is 0. The van der Waals surface area contributed by atoms with E-state index >= 15 is 0 Å². The molecule has 146 valence electrons. The van der Waals surface area contributed by atoms with Crippen molar-refractivity contribution in [1.29, 1.82) is 0 Å². The molecule has 0 aromatic heterocycles. The van der Waals surface area contributed by atoms with E-state index in [9.17, 15) is 8.42 Å². The van der Waals surface area contributed by atoms with E-state index < -0.39 is 10.0 Å². The molecule has 1 aliphatic rings. The molecule has 0 saturated heterocycles. The van der Waals surface area contributed by atoms with Crippen molar-refractivity contribution in [2.75, 3.05) is 11.8 Å². The Bertz CT molecular complexity index is 1250. The Morgan fingerprint density at radius 2 is 1.69 bits per heavy atom. The van der Waals surface area contributed by atoms with Crippen molar-refractivity contribution < 1.29 is 13.2 Å². The molecule has 7 nitrogen and oxygen atoms in total. The second kappa shape index (κ2) is 7.40. The predicted molar refractivity (Wildman–Crippen MR) is 114 cm³/mol. The molecule has 0 bridgehead atoms. The van der Waals surface area contributed by atoms with E-state index in [1.54, 1.807) is 36.4 Å². The van der Waals surface area contributed by atoms with Gasteiger partial charge in [0.1, 0.15) is 11.6 Å². The third-order valence-corrected chi connectivity index (χ3v) is 5.75. The first-order chi connectivity index (χ1) is 14.0. The van der Waals surface area contributed by atoms with Crippen molar-refractivity contribution in [2.24, 2.45) is 15.7 Å². The second-order valence-electron chi connectivity index (χ2n) is 6.28. The van der Waals surface area contributed by atoms with Crippen LogP contribution in [0.3, 0.4) is 0 Å². The number of nitrogens with one attached hydrogen (secondary N) is 1. The van der Waals surface area contributed by atoms with Gasteiger partial charge in [0.25, 0.3) is 10.0 Å². The monoisotopic (exact) mass is 406 g/mol. The number of nitrogens with two attached hydrogens (primary N) is 1. The summed E-state index contributed by atoms with van der Waals surface area (Å²) < 4.78 is 33.5. The second-order valence-corrected chi connectivity index (χ2v) is 7.96. The highest BCUT2D eigenvalue weighted by molar-refractivity contribution is 7.92. The van der Waals surface area contributed by atoms with Crippen LogP contribution in [0.5, 0.6) is 5.75 Å². The third-order valence-electron chi connectivity index (χ3n) is 4.38. The largest absolute Gasteiger partial charge is 0.495 e. The molecular formula is C21H18N4O3S. The van der Waals surface area contributed by atoms with E-state index in [4.69, 9.17) is 10.5 Å². The lowest BCUT2D eigenvalue weighted by Gasteiger charge is -2.11. The van der Waals surface area contributed by atoms with Gasteiger partial charge in [-0.15, -0.1) is 0 Å². The van der Waals surface area contributed by atoms with Gasteiger partial charge in [0.15, 0.2) is 5.84 Å². The Morgan fingerprint density at radius 3 is 2.48 bits per heavy atom. The van der Waals surface area contributed by atoms with Crippen molar-refractivity contribution in [3.63, 3.8) is 0 Å². The first-order valence-corrected chi connectivity index (χ1v) is 10.2. The number of hydrogen-bond acceptors (Lipinski definition) is 5. The molecule has 0 aliphatic carbocycles. The van der Waals surface area contributed by atoms with E-state index in [2.05, 4.69) is 14.7 Å². The van der Waals surface area contributed by atoms with Gasteiger partial charge in [-0.2, -0.15) is 0 Å². The molecule has 0 fully saturated rings. The van der Waals surface area contributed by atoms with Gasteiger partial charge in [-0.25, -0.2) is 18.4 Å². The Kier molecular flexibility index (Phi) is 4.77. The van der Waals surface area contributed by atoms with E-state index in [0.29, 0.717) is 28.8 Å². The number of sulfonamides is 1. The van der Waals surface area contributed by atoms with Crippen LogP contribution < -0.4 is 15.2 Å². The smallest absolute Gasteiger partial charge is 0.262 e. The lowest BCUT2D eigenvalue weighted by Crippen LogP contribution is -2.13. The molecule has 8 heteroatoms. The van der Waals surface area contributed by atoms with Crippen molar-refractivity contribution in [1.82, 2.24) is 0 Å². The SMILES string of the molecule is COc1ccccc1NS(=O)(=O)c1cccc(N=C2N=C(N)c3ccccc32)c1. The summed E-state index contributed by atoms with van der Waals surface area (Å²) in [6, 6.07) is 20.6. The summed E-state index contributed by atoms with van der Waals surface area (Å²) in [4.78, 5) is 8.87. The quantitative estimate of drug-likeness (QED) is 0.678. The molecular weight excluding hydrogens is 388 g/mol.